The number of hydrogen-bond donors (Lipinski definition) is 0. The molecule has 0 aliphatic carbocycles. The Morgan fingerprint density at radius 2 is 2.05 bits per heavy atom. The highest BCUT2D eigenvalue weighted by Gasteiger charge is 2.19. The molecule has 1 aromatic heterocycles. The maximum Gasteiger partial charge on any atom is 0.318 e. The van der Waals surface area contributed by atoms with E-state index in [4.69, 9.17) is 9.15 Å². The standard InChI is InChI=1S/C15H19N3O2S/c1-2-9-19-13-6-4-3-5-12(13)14-16-17-15(20-14)18-7-10-21-11-8-18/h3-6H,2,7-11H2,1H3. The first-order chi connectivity index (χ1) is 10.4. The van der Waals surface area contributed by atoms with Gasteiger partial charge < -0.3 is 14.1 Å². The van der Waals surface area contributed by atoms with Gasteiger partial charge in [0.15, 0.2) is 0 Å². The molecular formula is C15H19N3O2S. The molecule has 3 rings (SSSR count). The van der Waals surface area contributed by atoms with Crippen LogP contribution in [0.3, 0.4) is 0 Å². The normalized spacial score (nSPS) is 15.2. The lowest BCUT2D eigenvalue weighted by Crippen LogP contribution is -2.32. The van der Waals surface area contributed by atoms with Crippen LogP contribution in [-0.2, 0) is 0 Å². The second kappa shape index (κ2) is 6.85. The predicted molar refractivity (Wildman–Crippen MR) is 85.1 cm³/mol. The molecule has 0 atom stereocenters. The summed E-state index contributed by atoms with van der Waals surface area (Å²) in [4.78, 5) is 2.14. The molecule has 21 heavy (non-hydrogen) atoms. The van der Waals surface area contributed by atoms with Gasteiger partial charge in [-0.25, -0.2) is 0 Å². The molecule has 1 fully saturated rings. The molecule has 0 bridgehead atoms. The van der Waals surface area contributed by atoms with Gasteiger partial charge in [0.1, 0.15) is 5.75 Å². The second-order valence-corrected chi connectivity index (χ2v) is 6.06. The molecule has 0 radical (unpaired) electrons. The van der Waals surface area contributed by atoms with Crippen molar-refractivity contribution in [3.63, 3.8) is 0 Å². The van der Waals surface area contributed by atoms with Crippen LogP contribution in [0.4, 0.5) is 6.01 Å². The summed E-state index contributed by atoms with van der Waals surface area (Å²) in [5.41, 5.74) is 0.857. The summed E-state index contributed by atoms with van der Waals surface area (Å²) in [5.74, 6) is 3.53. The molecule has 2 heterocycles. The first-order valence-corrected chi connectivity index (χ1v) is 8.42. The van der Waals surface area contributed by atoms with Crippen molar-refractivity contribution in [1.29, 1.82) is 0 Å². The minimum atomic E-state index is 0.523. The molecule has 0 saturated carbocycles. The Morgan fingerprint density at radius 1 is 1.24 bits per heavy atom. The fourth-order valence-electron chi connectivity index (χ4n) is 2.19. The Balaban J connectivity index is 1.82. The maximum atomic E-state index is 5.84. The quantitative estimate of drug-likeness (QED) is 0.846. The highest BCUT2D eigenvalue weighted by Crippen LogP contribution is 2.31. The van der Waals surface area contributed by atoms with Gasteiger partial charge in [-0.3, -0.25) is 0 Å². The zero-order valence-electron chi connectivity index (χ0n) is 12.1. The van der Waals surface area contributed by atoms with Crippen LogP contribution >= 0.6 is 11.8 Å². The lowest BCUT2D eigenvalue weighted by molar-refractivity contribution is 0.318. The molecule has 1 saturated heterocycles. The van der Waals surface area contributed by atoms with Gasteiger partial charge in [-0.1, -0.05) is 24.2 Å². The third-order valence-corrected chi connectivity index (χ3v) is 4.22. The average molecular weight is 305 g/mol. The number of anilines is 1. The summed E-state index contributed by atoms with van der Waals surface area (Å²) in [6, 6.07) is 8.40. The average Bonchev–Trinajstić information content (AvgIpc) is 3.04. The Morgan fingerprint density at radius 3 is 2.86 bits per heavy atom. The highest BCUT2D eigenvalue weighted by atomic mass is 32.2. The highest BCUT2D eigenvalue weighted by molar-refractivity contribution is 7.99. The number of ether oxygens (including phenoxy) is 1. The molecule has 112 valence electrons. The van der Waals surface area contributed by atoms with Gasteiger partial charge in [0.05, 0.1) is 12.2 Å². The fourth-order valence-corrected chi connectivity index (χ4v) is 3.09. The van der Waals surface area contributed by atoms with Gasteiger partial charge in [0, 0.05) is 24.6 Å². The van der Waals surface area contributed by atoms with Gasteiger partial charge >= 0.3 is 6.01 Å². The summed E-state index contributed by atoms with van der Waals surface area (Å²) in [6.07, 6.45) is 0.967. The summed E-state index contributed by atoms with van der Waals surface area (Å²) >= 11 is 1.96. The van der Waals surface area contributed by atoms with Gasteiger partial charge in [-0.2, -0.15) is 11.8 Å². The zero-order chi connectivity index (χ0) is 14.5. The van der Waals surface area contributed by atoms with Gasteiger partial charge in [-0.05, 0) is 18.6 Å². The molecule has 0 spiro atoms. The molecule has 0 amide bonds. The largest absolute Gasteiger partial charge is 0.493 e. The number of rotatable bonds is 5. The lowest BCUT2D eigenvalue weighted by atomic mass is 10.2. The van der Waals surface area contributed by atoms with E-state index in [2.05, 4.69) is 22.0 Å². The van der Waals surface area contributed by atoms with Crippen LogP contribution in [0.5, 0.6) is 5.75 Å². The van der Waals surface area contributed by atoms with E-state index in [-0.39, 0.29) is 0 Å². The summed E-state index contributed by atoms with van der Waals surface area (Å²) < 4.78 is 11.6. The van der Waals surface area contributed by atoms with Crippen LogP contribution in [0.1, 0.15) is 13.3 Å². The molecule has 1 aliphatic rings. The summed E-state index contributed by atoms with van der Waals surface area (Å²) in [5, 5.41) is 8.37. The third-order valence-electron chi connectivity index (χ3n) is 3.28. The van der Waals surface area contributed by atoms with Crippen molar-refractivity contribution in [2.45, 2.75) is 13.3 Å². The van der Waals surface area contributed by atoms with Gasteiger partial charge in [-0.15, -0.1) is 5.10 Å². The summed E-state index contributed by atoms with van der Waals surface area (Å²) in [7, 11) is 0. The second-order valence-electron chi connectivity index (χ2n) is 4.83. The van der Waals surface area contributed by atoms with Crippen molar-refractivity contribution in [1.82, 2.24) is 10.2 Å². The third kappa shape index (κ3) is 3.32. The number of thioether (sulfide) groups is 1. The fraction of sp³-hybridized carbons (Fsp3) is 0.467. The molecule has 1 aliphatic heterocycles. The van der Waals surface area contributed by atoms with E-state index in [1.54, 1.807) is 0 Å². The Bertz CT molecular complexity index is 582. The van der Waals surface area contributed by atoms with E-state index in [0.717, 1.165) is 42.3 Å². The molecule has 0 unspecified atom stereocenters. The first-order valence-electron chi connectivity index (χ1n) is 7.27. The van der Waals surface area contributed by atoms with Crippen LogP contribution < -0.4 is 9.64 Å². The first kappa shape index (κ1) is 14.3. The van der Waals surface area contributed by atoms with Crippen LogP contribution in [0.15, 0.2) is 28.7 Å². The molecule has 5 nitrogen and oxygen atoms in total. The smallest absolute Gasteiger partial charge is 0.318 e. The predicted octanol–water partition coefficient (Wildman–Crippen LogP) is 3.08. The van der Waals surface area contributed by atoms with Crippen LogP contribution in [0, 0.1) is 0 Å². The van der Waals surface area contributed by atoms with E-state index < -0.39 is 0 Å². The van der Waals surface area contributed by atoms with Crippen molar-refractivity contribution in [2.75, 3.05) is 36.1 Å². The molecule has 2 aromatic rings. The Hall–Kier alpha value is -1.69. The van der Waals surface area contributed by atoms with Crippen LogP contribution in [-0.4, -0.2) is 41.4 Å². The number of nitrogens with zero attached hydrogens (tertiary/aromatic N) is 3. The number of benzene rings is 1. The van der Waals surface area contributed by atoms with Crippen molar-refractivity contribution in [3.8, 4) is 17.2 Å². The Kier molecular flexibility index (Phi) is 4.65. The van der Waals surface area contributed by atoms with E-state index in [1.807, 2.05) is 36.0 Å². The maximum absolute atomic E-state index is 5.84. The monoisotopic (exact) mass is 305 g/mol. The van der Waals surface area contributed by atoms with E-state index in [9.17, 15) is 0 Å². The molecule has 6 heteroatoms. The molecule has 0 N–H and O–H groups in total. The SMILES string of the molecule is CCCOc1ccccc1-c1nnc(N2CCSCC2)o1. The van der Waals surface area contributed by atoms with Crippen LogP contribution in [0.2, 0.25) is 0 Å². The van der Waals surface area contributed by atoms with E-state index in [1.165, 1.54) is 0 Å². The van der Waals surface area contributed by atoms with E-state index >= 15 is 0 Å². The number of aromatic nitrogens is 2. The van der Waals surface area contributed by atoms with Gasteiger partial charge in [0.2, 0.25) is 0 Å². The van der Waals surface area contributed by atoms with Crippen molar-refractivity contribution in [3.05, 3.63) is 24.3 Å². The van der Waals surface area contributed by atoms with Gasteiger partial charge in [0.25, 0.3) is 5.89 Å². The number of para-hydroxylation sites is 1. The summed E-state index contributed by atoms with van der Waals surface area (Å²) in [6.45, 7) is 4.68. The topological polar surface area (TPSA) is 51.4 Å². The number of hydrogen-bond acceptors (Lipinski definition) is 6. The van der Waals surface area contributed by atoms with Crippen LogP contribution in [0.25, 0.3) is 11.5 Å². The van der Waals surface area contributed by atoms with Crippen molar-refractivity contribution >= 4 is 17.8 Å². The molecule has 1 aromatic carbocycles. The minimum absolute atomic E-state index is 0.523. The molecular weight excluding hydrogens is 286 g/mol. The van der Waals surface area contributed by atoms with Crippen molar-refractivity contribution in [2.24, 2.45) is 0 Å². The minimum Gasteiger partial charge on any atom is -0.493 e. The Labute approximate surface area is 128 Å². The van der Waals surface area contributed by atoms with E-state index in [0.29, 0.717) is 18.5 Å². The van der Waals surface area contributed by atoms with Crippen molar-refractivity contribution < 1.29 is 9.15 Å². The zero-order valence-corrected chi connectivity index (χ0v) is 12.9. The lowest BCUT2D eigenvalue weighted by Gasteiger charge is -2.23.